The highest BCUT2D eigenvalue weighted by molar-refractivity contribution is 6.32. The highest BCUT2D eigenvalue weighted by atomic mass is 35.5. The molecule has 28 heavy (non-hydrogen) atoms. The van der Waals surface area contributed by atoms with Crippen molar-refractivity contribution in [3.8, 4) is 5.75 Å². The molecule has 0 radical (unpaired) electrons. The summed E-state index contributed by atoms with van der Waals surface area (Å²) in [6, 6.07) is 13.9. The topological polar surface area (TPSA) is 44.8 Å². The summed E-state index contributed by atoms with van der Waals surface area (Å²) in [4.78, 5) is 14.8. The fourth-order valence-corrected chi connectivity index (χ4v) is 3.92. The van der Waals surface area contributed by atoms with Gasteiger partial charge in [0.25, 0.3) is 5.91 Å². The van der Waals surface area contributed by atoms with Crippen LogP contribution >= 0.6 is 11.6 Å². The van der Waals surface area contributed by atoms with Crippen molar-refractivity contribution in [2.24, 2.45) is 0 Å². The SMILES string of the molecule is CCOc1ccc(C2CC3C(=O)N(Cc4ccc(C)cc4)C=CN3N2)cc1Cl. The lowest BCUT2D eigenvalue weighted by atomic mass is 10.0. The first-order valence-corrected chi connectivity index (χ1v) is 9.94. The van der Waals surface area contributed by atoms with Crippen molar-refractivity contribution in [1.82, 2.24) is 15.3 Å². The van der Waals surface area contributed by atoms with Crippen LogP contribution in [0.2, 0.25) is 5.02 Å². The number of carbonyl (C=O) groups is 1. The van der Waals surface area contributed by atoms with Gasteiger partial charge in [-0.1, -0.05) is 47.5 Å². The Hall–Kier alpha value is -2.50. The zero-order chi connectivity index (χ0) is 19.7. The first-order valence-electron chi connectivity index (χ1n) is 9.56. The summed E-state index contributed by atoms with van der Waals surface area (Å²) in [6.07, 6.45) is 4.48. The minimum absolute atomic E-state index is 0.0334. The van der Waals surface area contributed by atoms with Gasteiger partial charge < -0.3 is 14.6 Å². The van der Waals surface area contributed by atoms with E-state index in [2.05, 4.69) is 36.6 Å². The highest BCUT2D eigenvalue weighted by Gasteiger charge is 2.40. The maximum absolute atomic E-state index is 13.0. The summed E-state index contributed by atoms with van der Waals surface area (Å²) in [7, 11) is 0. The molecule has 2 atom stereocenters. The molecule has 2 aliphatic rings. The third kappa shape index (κ3) is 3.73. The number of ether oxygens (including phenoxy) is 1. The maximum atomic E-state index is 13.0. The Balaban J connectivity index is 1.46. The van der Waals surface area contributed by atoms with E-state index in [0.29, 0.717) is 30.3 Å². The molecule has 1 N–H and O–H groups in total. The lowest BCUT2D eigenvalue weighted by Gasteiger charge is -2.31. The number of nitrogens with zero attached hydrogens (tertiary/aromatic N) is 2. The lowest BCUT2D eigenvalue weighted by Crippen LogP contribution is -2.47. The number of benzene rings is 2. The van der Waals surface area contributed by atoms with Gasteiger partial charge in [0, 0.05) is 12.4 Å². The van der Waals surface area contributed by atoms with E-state index in [1.54, 1.807) is 4.90 Å². The van der Waals surface area contributed by atoms with E-state index in [1.807, 2.05) is 42.5 Å². The summed E-state index contributed by atoms with van der Waals surface area (Å²) in [5.41, 5.74) is 6.80. The van der Waals surface area contributed by atoms with Crippen LogP contribution in [0.15, 0.2) is 54.9 Å². The minimum Gasteiger partial charge on any atom is -0.492 e. The van der Waals surface area contributed by atoms with Crippen molar-refractivity contribution in [3.63, 3.8) is 0 Å². The number of hydrogen-bond acceptors (Lipinski definition) is 4. The highest BCUT2D eigenvalue weighted by Crippen LogP contribution is 2.34. The Labute approximate surface area is 170 Å². The van der Waals surface area contributed by atoms with E-state index < -0.39 is 0 Å². The molecule has 146 valence electrons. The van der Waals surface area contributed by atoms with E-state index in [4.69, 9.17) is 16.3 Å². The van der Waals surface area contributed by atoms with Gasteiger partial charge in [-0.25, -0.2) is 5.43 Å². The molecule has 4 rings (SSSR count). The molecule has 1 fully saturated rings. The molecule has 1 amide bonds. The van der Waals surface area contributed by atoms with Crippen LogP contribution in [0.3, 0.4) is 0 Å². The van der Waals surface area contributed by atoms with Crippen molar-refractivity contribution in [1.29, 1.82) is 0 Å². The molecule has 0 aromatic heterocycles. The summed E-state index contributed by atoms with van der Waals surface area (Å²) in [5, 5.41) is 2.50. The molecular formula is C22H24ClN3O2. The third-order valence-corrected chi connectivity index (χ3v) is 5.50. The fraction of sp³-hybridized carbons (Fsp3) is 0.318. The monoisotopic (exact) mass is 397 g/mol. The number of hydrogen-bond donors (Lipinski definition) is 1. The van der Waals surface area contributed by atoms with Crippen LogP contribution in [-0.2, 0) is 11.3 Å². The van der Waals surface area contributed by atoms with Crippen LogP contribution in [-0.4, -0.2) is 28.5 Å². The zero-order valence-electron chi connectivity index (χ0n) is 16.1. The van der Waals surface area contributed by atoms with Gasteiger partial charge in [0.1, 0.15) is 11.8 Å². The largest absolute Gasteiger partial charge is 0.492 e. The molecule has 2 unspecified atom stereocenters. The van der Waals surface area contributed by atoms with Gasteiger partial charge >= 0.3 is 0 Å². The quantitative estimate of drug-likeness (QED) is 0.822. The molecule has 2 heterocycles. The van der Waals surface area contributed by atoms with E-state index in [1.165, 1.54) is 5.56 Å². The Morgan fingerprint density at radius 2 is 1.96 bits per heavy atom. The fourth-order valence-electron chi connectivity index (χ4n) is 3.68. The van der Waals surface area contributed by atoms with Gasteiger partial charge in [-0.05, 0) is 43.5 Å². The second-order valence-electron chi connectivity index (χ2n) is 7.21. The van der Waals surface area contributed by atoms with Gasteiger partial charge in [0.05, 0.1) is 24.2 Å². The molecule has 0 saturated carbocycles. The van der Waals surface area contributed by atoms with Crippen LogP contribution in [0.1, 0.15) is 36.1 Å². The average Bonchev–Trinajstić information content (AvgIpc) is 3.13. The lowest BCUT2D eigenvalue weighted by molar-refractivity contribution is -0.134. The molecule has 5 nitrogen and oxygen atoms in total. The van der Waals surface area contributed by atoms with Gasteiger partial charge in [0.15, 0.2) is 0 Å². The average molecular weight is 398 g/mol. The number of amides is 1. The molecule has 0 bridgehead atoms. The molecule has 6 heteroatoms. The van der Waals surface area contributed by atoms with E-state index in [-0.39, 0.29) is 18.0 Å². The molecule has 0 aliphatic carbocycles. The number of rotatable bonds is 5. The first kappa shape index (κ1) is 18.8. The molecular weight excluding hydrogens is 374 g/mol. The number of nitrogens with one attached hydrogen (secondary N) is 1. The second-order valence-corrected chi connectivity index (χ2v) is 7.62. The zero-order valence-corrected chi connectivity index (χ0v) is 16.8. The van der Waals surface area contributed by atoms with Crippen LogP contribution < -0.4 is 10.2 Å². The maximum Gasteiger partial charge on any atom is 0.251 e. The molecule has 2 aliphatic heterocycles. The predicted molar refractivity (Wildman–Crippen MR) is 110 cm³/mol. The van der Waals surface area contributed by atoms with Crippen molar-refractivity contribution >= 4 is 17.5 Å². The van der Waals surface area contributed by atoms with Crippen molar-refractivity contribution in [3.05, 3.63) is 76.6 Å². The van der Waals surface area contributed by atoms with E-state index in [9.17, 15) is 4.79 Å². The normalized spacial score (nSPS) is 21.2. The Morgan fingerprint density at radius 1 is 1.18 bits per heavy atom. The molecule has 0 spiro atoms. The molecule has 2 aromatic rings. The van der Waals surface area contributed by atoms with Gasteiger partial charge in [-0.3, -0.25) is 4.79 Å². The van der Waals surface area contributed by atoms with Gasteiger partial charge in [-0.15, -0.1) is 0 Å². The van der Waals surface area contributed by atoms with Crippen molar-refractivity contribution in [2.75, 3.05) is 6.61 Å². The number of halogens is 1. The van der Waals surface area contributed by atoms with Crippen molar-refractivity contribution in [2.45, 2.75) is 38.9 Å². The number of hydrazine groups is 1. The van der Waals surface area contributed by atoms with Crippen molar-refractivity contribution < 1.29 is 9.53 Å². The van der Waals surface area contributed by atoms with Crippen LogP contribution in [0.5, 0.6) is 5.75 Å². The molecule has 1 saturated heterocycles. The molecule has 2 aromatic carbocycles. The van der Waals surface area contributed by atoms with Crippen LogP contribution in [0.25, 0.3) is 0 Å². The summed E-state index contributed by atoms with van der Waals surface area (Å²) < 4.78 is 5.51. The third-order valence-electron chi connectivity index (χ3n) is 5.21. The standard InChI is InChI=1S/C22H24ClN3O2/c1-3-28-21-9-8-17(12-18(21)23)19-13-20-22(27)25(10-11-26(20)24-19)14-16-6-4-15(2)5-7-16/h4-12,19-20,24H,3,13-14H2,1-2H3. The Morgan fingerprint density at radius 3 is 2.68 bits per heavy atom. The number of carbonyl (C=O) groups excluding carboxylic acids is 1. The Kier molecular flexibility index (Phi) is 5.29. The second kappa shape index (κ2) is 7.86. The smallest absolute Gasteiger partial charge is 0.251 e. The summed E-state index contributed by atoms with van der Waals surface area (Å²) in [5.74, 6) is 0.791. The van der Waals surface area contributed by atoms with Crippen LogP contribution in [0, 0.1) is 6.92 Å². The predicted octanol–water partition coefficient (Wildman–Crippen LogP) is 4.18. The Bertz CT molecular complexity index is 897. The van der Waals surface area contributed by atoms with E-state index in [0.717, 1.165) is 11.1 Å². The summed E-state index contributed by atoms with van der Waals surface area (Å²) in [6.45, 7) is 5.15. The number of aryl methyl sites for hydroxylation is 1. The van der Waals surface area contributed by atoms with Gasteiger partial charge in [0.2, 0.25) is 0 Å². The number of fused-ring (bicyclic) bond motifs is 1. The first-order chi connectivity index (χ1) is 13.5. The van der Waals surface area contributed by atoms with Crippen LogP contribution in [0.4, 0.5) is 0 Å². The van der Waals surface area contributed by atoms with E-state index >= 15 is 0 Å². The van der Waals surface area contributed by atoms with Gasteiger partial charge in [-0.2, -0.15) is 0 Å². The summed E-state index contributed by atoms with van der Waals surface area (Å²) >= 11 is 6.34. The minimum atomic E-state index is -0.217.